The van der Waals surface area contributed by atoms with Gasteiger partial charge in [-0.05, 0) is 12.5 Å². The summed E-state index contributed by atoms with van der Waals surface area (Å²) in [7, 11) is 0. The van der Waals surface area contributed by atoms with Crippen LogP contribution in [0.5, 0.6) is 0 Å². The summed E-state index contributed by atoms with van der Waals surface area (Å²) in [5.74, 6) is -0.675. The van der Waals surface area contributed by atoms with E-state index in [9.17, 15) is 18.3 Å². The molecule has 5 nitrogen and oxygen atoms in total. The normalized spacial score (nSPS) is 17.1. The smallest absolute Gasteiger partial charge is 0.387 e. The molecule has 0 amide bonds. The van der Waals surface area contributed by atoms with Crippen LogP contribution in [0.4, 0.5) is 13.2 Å². The Balaban J connectivity index is 1.68. The van der Waals surface area contributed by atoms with E-state index in [-0.39, 0.29) is 18.9 Å². The largest absolute Gasteiger partial charge is 0.451 e. The van der Waals surface area contributed by atoms with Crippen LogP contribution < -0.4 is 0 Å². The molecule has 124 valence electrons. The first-order chi connectivity index (χ1) is 10.8. The maximum atomic E-state index is 12.8. The zero-order valence-corrected chi connectivity index (χ0v) is 12.6. The average molecular weight is 326 g/mol. The molecule has 1 aliphatic rings. The Kier molecular flexibility index (Phi) is 4.11. The number of aryl methyl sites for hydroxylation is 1. The summed E-state index contributed by atoms with van der Waals surface area (Å²) in [6, 6.07) is 7.55. The van der Waals surface area contributed by atoms with Crippen LogP contribution in [0.3, 0.4) is 0 Å². The Bertz CT molecular complexity index is 681. The maximum Gasteiger partial charge on any atom is 0.451 e. The van der Waals surface area contributed by atoms with E-state index in [0.29, 0.717) is 13.1 Å². The molecule has 1 aromatic carbocycles. The molecule has 2 aromatic rings. The number of alkyl halides is 3. The van der Waals surface area contributed by atoms with Gasteiger partial charge in [-0.25, -0.2) is 0 Å². The van der Waals surface area contributed by atoms with Crippen LogP contribution in [0.2, 0.25) is 0 Å². The lowest BCUT2D eigenvalue weighted by molar-refractivity contribution is -0.148. The SMILES string of the molecule is Cc1ccc(C(O)CN2CCn3c(nnc3C(F)(F)F)C2)cc1. The highest BCUT2D eigenvalue weighted by molar-refractivity contribution is 5.23. The fraction of sp³-hybridized carbons (Fsp3) is 0.467. The molecular weight excluding hydrogens is 309 g/mol. The Labute approximate surface area is 131 Å². The molecule has 1 aliphatic heterocycles. The van der Waals surface area contributed by atoms with Crippen LogP contribution in [0.1, 0.15) is 28.9 Å². The van der Waals surface area contributed by atoms with Crippen molar-refractivity contribution in [3.05, 3.63) is 47.0 Å². The summed E-state index contributed by atoms with van der Waals surface area (Å²) in [4.78, 5) is 1.88. The highest BCUT2D eigenvalue weighted by Crippen LogP contribution is 2.29. The number of aliphatic hydroxyl groups excluding tert-OH is 1. The van der Waals surface area contributed by atoms with Gasteiger partial charge in [0.2, 0.25) is 5.82 Å². The minimum Gasteiger partial charge on any atom is -0.387 e. The minimum absolute atomic E-state index is 0.164. The van der Waals surface area contributed by atoms with E-state index in [0.717, 1.165) is 15.7 Å². The van der Waals surface area contributed by atoms with Gasteiger partial charge in [0.25, 0.3) is 0 Å². The van der Waals surface area contributed by atoms with E-state index >= 15 is 0 Å². The summed E-state index contributed by atoms with van der Waals surface area (Å²) in [5, 5.41) is 17.2. The third-order valence-corrected chi connectivity index (χ3v) is 3.98. The lowest BCUT2D eigenvalue weighted by Crippen LogP contribution is -2.37. The van der Waals surface area contributed by atoms with Gasteiger partial charge in [-0.15, -0.1) is 10.2 Å². The van der Waals surface area contributed by atoms with Gasteiger partial charge >= 0.3 is 6.18 Å². The number of aliphatic hydroxyl groups is 1. The van der Waals surface area contributed by atoms with Gasteiger partial charge in [0.05, 0.1) is 12.6 Å². The second-order valence-electron chi connectivity index (χ2n) is 5.75. The molecule has 2 heterocycles. The standard InChI is InChI=1S/C15H17F3N4O/c1-10-2-4-11(5-3-10)12(23)8-21-6-7-22-13(9-21)19-20-14(22)15(16,17)18/h2-5,12,23H,6-9H2,1H3. The molecule has 0 saturated carbocycles. The van der Waals surface area contributed by atoms with Gasteiger partial charge in [0, 0.05) is 19.6 Å². The number of fused-ring (bicyclic) bond motifs is 1. The summed E-state index contributed by atoms with van der Waals surface area (Å²) in [5.41, 5.74) is 1.89. The molecule has 1 N–H and O–H groups in total. The van der Waals surface area contributed by atoms with Crippen molar-refractivity contribution in [3.8, 4) is 0 Å². The molecule has 1 aromatic heterocycles. The molecule has 1 unspecified atom stereocenters. The summed E-state index contributed by atoms with van der Waals surface area (Å²) < 4.78 is 39.5. The van der Waals surface area contributed by atoms with Crippen molar-refractivity contribution in [1.29, 1.82) is 0 Å². The number of rotatable bonds is 3. The van der Waals surface area contributed by atoms with Crippen LogP contribution in [-0.4, -0.2) is 37.9 Å². The number of benzene rings is 1. The highest BCUT2D eigenvalue weighted by atomic mass is 19.4. The quantitative estimate of drug-likeness (QED) is 0.939. The van der Waals surface area contributed by atoms with E-state index < -0.39 is 18.1 Å². The molecule has 8 heteroatoms. The summed E-state index contributed by atoms with van der Waals surface area (Å²) >= 11 is 0. The van der Waals surface area contributed by atoms with Crippen LogP contribution in [0, 0.1) is 6.92 Å². The molecule has 0 spiro atoms. The molecule has 0 aliphatic carbocycles. The monoisotopic (exact) mass is 326 g/mol. The first-order valence-electron chi connectivity index (χ1n) is 7.31. The number of aromatic nitrogens is 3. The van der Waals surface area contributed by atoms with Gasteiger partial charge in [0.1, 0.15) is 5.82 Å². The molecule has 0 saturated heterocycles. The van der Waals surface area contributed by atoms with Crippen molar-refractivity contribution >= 4 is 0 Å². The Morgan fingerprint density at radius 1 is 1.17 bits per heavy atom. The lowest BCUT2D eigenvalue weighted by atomic mass is 10.1. The number of halogens is 3. The fourth-order valence-corrected chi connectivity index (χ4v) is 2.71. The molecule has 1 atom stereocenters. The molecule has 0 bridgehead atoms. The van der Waals surface area contributed by atoms with E-state index in [2.05, 4.69) is 10.2 Å². The van der Waals surface area contributed by atoms with E-state index in [1.165, 1.54) is 0 Å². The maximum absolute atomic E-state index is 12.8. The summed E-state index contributed by atoms with van der Waals surface area (Å²) in [6.07, 6.45) is -5.18. The zero-order chi connectivity index (χ0) is 16.6. The number of hydrogen-bond acceptors (Lipinski definition) is 4. The second-order valence-corrected chi connectivity index (χ2v) is 5.75. The fourth-order valence-electron chi connectivity index (χ4n) is 2.71. The van der Waals surface area contributed by atoms with Gasteiger partial charge in [-0.2, -0.15) is 13.2 Å². The van der Waals surface area contributed by atoms with E-state index in [4.69, 9.17) is 0 Å². The van der Waals surface area contributed by atoms with Gasteiger partial charge in [0.15, 0.2) is 0 Å². The Morgan fingerprint density at radius 2 is 1.87 bits per heavy atom. The molecular formula is C15H17F3N4O. The van der Waals surface area contributed by atoms with Crippen molar-refractivity contribution in [1.82, 2.24) is 19.7 Å². The van der Waals surface area contributed by atoms with Crippen molar-refractivity contribution in [3.63, 3.8) is 0 Å². The molecule has 0 radical (unpaired) electrons. The predicted octanol–water partition coefficient (Wildman–Crippen LogP) is 2.15. The number of hydrogen-bond donors (Lipinski definition) is 1. The first kappa shape index (κ1) is 15.9. The van der Waals surface area contributed by atoms with E-state index in [1.807, 2.05) is 36.1 Å². The molecule has 0 fully saturated rings. The average Bonchev–Trinajstić information content (AvgIpc) is 2.91. The Hall–Kier alpha value is -1.93. The zero-order valence-electron chi connectivity index (χ0n) is 12.6. The van der Waals surface area contributed by atoms with Crippen molar-refractivity contribution < 1.29 is 18.3 Å². The lowest BCUT2D eigenvalue weighted by Gasteiger charge is -2.29. The van der Waals surface area contributed by atoms with Crippen LogP contribution in [0.25, 0.3) is 0 Å². The van der Waals surface area contributed by atoms with Crippen LogP contribution >= 0.6 is 0 Å². The van der Waals surface area contributed by atoms with Crippen LogP contribution in [0.15, 0.2) is 24.3 Å². The molecule has 3 rings (SSSR count). The van der Waals surface area contributed by atoms with Gasteiger partial charge < -0.3 is 9.67 Å². The van der Waals surface area contributed by atoms with Gasteiger partial charge in [-0.3, -0.25) is 4.90 Å². The highest BCUT2D eigenvalue weighted by Gasteiger charge is 2.39. The predicted molar refractivity (Wildman–Crippen MR) is 76.4 cm³/mol. The van der Waals surface area contributed by atoms with Crippen molar-refractivity contribution in [2.45, 2.75) is 32.3 Å². The third-order valence-electron chi connectivity index (χ3n) is 3.98. The number of nitrogens with zero attached hydrogens (tertiary/aromatic N) is 4. The summed E-state index contributed by atoms with van der Waals surface area (Å²) in [6.45, 7) is 3.13. The Morgan fingerprint density at radius 3 is 2.52 bits per heavy atom. The van der Waals surface area contributed by atoms with Crippen LogP contribution in [-0.2, 0) is 19.3 Å². The third kappa shape index (κ3) is 3.37. The van der Waals surface area contributed by atoms with E-state index in [1.54, 1.807) is 0 Å². The second kappa shape index (κ2) is 5.93. The van der Waals surface area contributed by atoms with Crippen molar-refractivity contribution in [2.24, 2.45) is 0 Å². The first-order valence-corrected chi connectivity index (χ1v) is 7.31. The van der Waals surface area contributed by atoms with Gasteiger partial charge in [-0.1, -0.05) is 29.8 Å². The van der Waals surface area contributed by atoms with Crippen molar-refractivity contribution in [2.75, 3.05) is 13.1 Å². The number of β-amino-alcohol motifs (C(OH)–C–C–N with tert-alkyl or cyclic N) is 1. The minimum atomic E-state index is -4.49. The molecule has 23 heavy (non-hydrogen) atoms. The topological polar surface area (TPSA) is 54.2 Å².